The van der Waals surface area contributed by atoms with Crippen molar-refractivity contribution in [1.82, 2.24) is 5.32 Å². The lowest BCUT2D eigenvalue weighted by Gasteiger charge is -2.16. The Kier molecular flexibility index (Phi) is 9.34. The van der Waals surface area contributed by atoms with Crippen molar-refractivity contribution in [2.45, 2.75) is 20.8 Å². The summed E-state index contributed by atoms with van der Waals surface area (Å²) in [7, 11) is 1.53. The molecular weight excluding hydrogens is 416 g/mol. The number of rotatable bonds is 11. The van der Waals surface area contributed by atoms with Gasteiger partial charge in [0.1, 0.15) is 0 Å². The first-order chi connectivity index (χ1) is 15.4. The normalized spacial score (nSPS) is 10.1. The highest BCUT2D eigenvalue weighted by Gasteiger charge is 2.20. The molecule has 2 aromatic carbocycles. The van der Waals surface area contributed by atoms with Crippen LogP contribution in [-0.4, -0.2) is 51.3 Å². The number of benzene rings is 2. The molecule has 2 aromatic rings. The Hall–Kier alpha value is -3.75. The van der Waals surface area contributed by atoms with Crippen LogP contribution in [0.15, 0.2) is 36.4 Å². The molecule has 0 aliphatic carbocycles. The molecule has 2 amide bonds. The molecule has 0 fully saturated rings. The Labute approximate surface area is 187 Å². The lowest BCUT2D eigenvalue weighted by Crippen LogP contribution is -2.21. The summed E-state index contributed by atoms with van der Waals surface area (Å²) in [5.74, 6) is -0.344. The lowest BCUT2D eigenvalue weighted by molar-refractivity contribution is -0.119. The van der Waals surface area contributed by atoms with E-state index in [-0.39, 0.29) is 11.5 Å². The van der Waals surface area contributed by atoms with Gasteiger partial charge in [-0.2, -0.15) is 0 Å². The Bertz CT molecular complexity index is 915. The van der Waals surface area contributed by atoms with E-state index >= 15 is 0 Å². The van der Waals surface area contributed by atoms with Crippen LogP contribution >= 0.6 is 0 Å². The molecule has 0 saturated heterocycles. The topological polar surface area (TPSA) is 112 Å². The van der Waals surface area contributed by atoms with Crippen LogP contribution in [-0.2, 0) is 9.53 Å². The third kappa shape index (κ3) is 6.63. The second-order valence-electron chi connectivity index (χ2n) is 6.38. The van der Waals surface area contributed by atoms with Gasteiger partial charge in [0.2, 0.25) is 5.75 Å². The van der Waals surface area contributed by atoms with E-state index in [2.05, 4.69) is 10.6 Å². The zero-order valence-electron chi connectivity index (χ0n) is 18.7. The van der Waals surface area contributed by atoms with E-state index in [1.54, 1.807) is 24.3 Å². The summed E-state index contributed by atoms with van der Waals surface area (Å²) in [6, 6.07) is 9.30. The maximum atomic E-state index is 12.5. The summed E-state index contributed by atoms with van der Waals surface area (Å²) < 4.78 is 21.9. The Balaban J connectivity index is 2.06. The second kappa shape index (κ2) is 12.2. The molecular formula is C23H28N2O7. The highest BCUT2D eigenvalue weighted by molar-refractivity contribution is 5.97. The lowest BCUT2D eigenvalue weighted by atomic mass is 10.2. The molecule has 2 N–H and O–H groups in total. The molecule has 0 saturated carbocycles. The molecule has 0 heterocycles. The van der Waals surface area contributed by atoms with Gasteiger partial charge in [-0.05, 0) is 57.2 Å². The van der Waals surface area contributed by atoms with Crippen LogP contribution in [0.2, 0.25) is 0 Å². The zero-order valence-corrected chi connectivity index (χ0v) is 18.7. The number of carbonyl (C=O) groups is 3. The maximum absolute atomic E-state index is 12.5. The van der Waals surface area contributed by atoms with Crippen molar-refractivity contribution in [2.24, 2.45) is 0 Å². The van der Waals surface area contributed by atoms with Gasteiger partial charge >= 0.3 is 5.97 Å². The van der Waals surface area contributed by atoms with E-state index < -0.39 is 18.5 Å². The minimum absolute atomic E-state index is 0.170. The standard InChI is InChI=1S/C23H28N2O7/c1-5-29-18-12-16(13-19(30-6-2)21(18)31-7-3)23(28)32-14-20(26)25-17-10-8-15(9-11-17)22(27)24-4/h8-13H,5-7,14H2,1-4H3,(H,24,27)(H,25,26). The molecule has 0 aliphatic rings. The molecule has 2 rings (SSSR count). The zero-order chi connectivity index (χ0) is 23.5. The number of carbonyl (C=O) groups excluding carboxylic acids is 3. The van der Waals surface area contributed by atoms with Crippen molar-refractivity contribution >= 4 is 23.5 Å². The molecule has 172 valence electrons. The summed E-state index contributed by atoms with van der Waals surface area (Å²) in [6.45, 7) is 6.10. The molecule has 32 heavy (non-hydrogen) atoms. The van der Waals surface area contributed by atoms with Gasteiger partial charge in [0.05, 0.1) is 25.4 Å². The van der Waals surface area contributed by atoms with Gasteiger partial charge in [0.25, 0.3) is 11.8 Å². The molecule has 9 heteroatoms. The number of nitrogens with one attached hydrogen (secondary N) is 2. The Morgan fingerprint density at radius 3 is 1.88 bits per heavy atom. The van der Waals surface area contributed by atoms with E-state index in [1.165, 1.54) is 19.2 Å². The highest BCUT2D eigenvalue weighted by atomic mass is 16.5. The quantitative estimate of drug-likeness (QED) is 0.512. The SMILES string of the molecule is CCOc1cc(C(=O)OCC(=O)Nc2ccc(C(=O)NC)cc2)cc(OCC)c1OCC. The summed E-state index contributed by atoms with van der Waals surface area (Å²) >= 11 is 0. The van der Waals surface area contributed by atoms with E-state index in [9.17, 15) is 14.4 Å². The van der Waals surface area contributed by atoms with Crippen molar-refractivity contribution in [3.8, 4) is 17.2 Å². The van der Waals surface area contributed by atoms with Gasteiger partial charge in [0.15, 0.2) is 18.1 Å². The first kappa shape index (κ1) is 24.5. The molecule has 0 atom stereocenters. The summed E-state index contributed by atoms with van der Waals surface area (Å²) in [5, 5.41) is 5.12. The van der Waals surface area contributed by atoms with Crippen LogP contribution < -0.4 is 24.8 Å². The van der Waals surface area contributed by atoms with Crippen molar-refractivity contribution in [2.75, 3.05) is 38.8 Å². The smallest absolute Gasteiger partial charge is 0.338 e. The van der Waals surface area contributed by atoms with Crippen molar-refractivity contribution in [3.63, 3.8) is 0 Å². The highest BCUT2D eigenvalue weighted by Crippen LogP contribution is 2.39. The van der Waals surface area contributed by atoms with Crippen LogP contribution in [0, 0.1) is 0 Å². The van der Waals surface area contributed by atoms with Gasteiger partial charge in [-0.15, -0.1) is 0 Å². The van der Waals surface area contributed by atoms with Crippen molar-refractivity contribution in [1.29, 1.82) is 0 Å². The molecule has 0 radical (unpaired) electrons. The fraction of sp³-hybridized carbons (Fsp3) is 0.348. The van der Waals surface area contributed by atoms with E-state index in [0.717, 1.165) is 0 Å². The average molecular weight is 444 g/mol. The average Bonchev–Trinajstić information content (AvgIpc) is 2.79. The van der Waals surface area contributed by atoms with Gasteiger partial charge in [0, 0.05) is 18.3 Å². The number of esters is 1. The summed E-state index contributed by atoms with van der Waals surface area (Å²) in [5.41, 5.74) is 1.10. The van der Waals surface area contributed by atoms with Gasteiger partial charge in [-0.25, -0.2) is 4.79 Å². The number of hydrogen-bond acceptors (Lipinski definition) is 7. The number of hydrogen-bond donors (Lipinski definition) is 2. The van der Waals surface area contributed by atoms with Gasteiger partial charge < -0.3 is 29.6 Å². The van der Waals surface area contributed by atoms with E-state index in [1.807, 2.05) is 20.8 Å². The molecule has 0 aliphatic heterocycles. The van der Waals surface area contributed by atoms with Gasteiger partial charge in [-0.1, -0.05) is 0 Å². The molecule has 0 bridgehead atoms. The van der Waals surface area contributed by atoms with Crippen LogP contribution in [0.3, 0.4) is 0 Å². The van der Waals surface area contributed by atoms with Crippen LogP contribution in [0.5, 0.6) is 17.2 Å². The monoisotopic (exact) mass is 444 g/mol. The van der Waals surface area contributed by atoms with Crippen molar-refractivity contribution in [3.05, 3.63) is 47.5 Å². The van der Waals surface area contributed by atoms with Gasteiger partial charge in [-0.3, -0.25) is 9.59 Å². The predicted molar refractivity (Wildman–Crippen MR) is 119 cm³/mol. The van der Waals surface area contributed by atoms with Crippen LogP contribution in [0.25, 0.3) is 0 Å². The minimum atomic E-state index is -0.708. The molecule has 0 unspecified atom stereocenters. The Morgan fingerprint density at radius 1 is 0.812 bits per heavy atom. The summed E-state index contributed by atoms with van der Waals surface area (Å²) in [4.78, 5) is 36.3. The first-order valence-corrected chi connectivity index (χ1v) is 10.3. The number of ether oxygens (including phenoxy) is 4. The molecule has 9 nitrogen and oxygen atoms in total. The minimum Gasteiger partial charge on any atom is -0.490 e. The first-order valence-electron chi connectivity index (χ1n) is 10.3. The number of amides is 2. The van der Waals surface area contributed by atoms with Crippen LogP contribution in [0.4, 0.5) is 5.69 Å². The Morgan fingerprint density at radius 2 is 1.38 bits per heavy atom. The number of anilines is 1. The molecule has 0 spiro atoms. The van der Waals surface area contributed by atoms with Crippen molar-refractivity contribution < 1.29 is 33.3 Å². The third-order valence-electron chi connectivity index (χ3n) is 4.14. The second-order valence-corrected chi connectivity index (χ2v) is 6.38. The maximum Gasteiger partial charge on any atom is 0.338 e. The predicted octanol–water partition coefficient (Wildman–Crippen LogP) is 3.04. The van der Waals surface area contributed by atoms with E-state index in [0.29, 0.717) is 48.3 Å². The fourth-order valence-corrected chi connectivity index (χ4v) is 2.77. The third-order valence-corrected chi connectivity index (χ3v) is 4.14. The molecule has 0 aromatic heterocycles. The fourth-order valence-electron chi connectivity index (χ4n) is 2.77. The largest absolute Gasteiger partial charge is 0.490 e. The van der Waals surface area contributed by atoms with Crippen LogP contribution in [0.1, 0.15) is 41.5 Å². The summed E-state index contributed by atoms with van der Waals surface area (Å²) in [6.07, 6.45) is 0. The van der Waals surface area contributed by atoms with E-state index in [4.69, 9.17) is 18.9 Å².